The summed E-state index contributed by atoms with van der Waals surface area (Å²) < 4.78 is 0. The molecule has 0 aliphatic carbocycles. The first-order valence-corrected chi connectivity index (χ1v) is 5.75. The average molecular weight is 183 g/mol. The summed E-state index contributed by atoms with van der Waals surface area (Å²) in [5.41, 5.74) is 0. The van der Waals surface area contributed by atoms with E-state index in [0.717, 1.165) is 29.7 Å². The normalized spacial score (nSPS) is 29.5. The van der Waals surface area contributed by atoms with Crippen molar-refractivity contribution in [2.24, 2.45) is 23.7 Å². The molecule has 1 heteroatoms. The molecule has 0 amide bonds. The predicted octanol–water partition coefficient (Wildman–Crippen LogP) is 2.91. The van der Waals surface area contributed by atoms with Gasteiger partial charge in [0.05, 0.1) is 0 Å². The van der Waals surface area contributed by atoms with Crippen molar-refractivity contribution >= 4 is 0 Å². The smallest absolute Gasteiger partial charge is 0.0103 e. The molecule has 1 N–H and O–H groups in total. The third kappa shape index (κ3) is 2.70. The predicted molar refractivity (Wildman–Crippen MR) is 58.7 cm³/mol. The van der Waals surface area contributed by atoms with Gasteiger partial charge in [0, 0.05) is 6.04 Å². The van der Waals surface area contributed by atoms with E-state index in [4.69, 9.17) is 0 Å². The largest absolute Gasteiger partial charge is 0.313 e. The van der Waals surface area contributed by atoms with E-state index in [1.165, 1.54) is 13.0 Å². The van der Waals surface area contributed by atoms with E-state index in [9.17, 15) is 0 Å². The average Bonchev–Trinajstić information content (AvgIpc) is 2.34. The van der Waals surface area contributed by atoms with Crippen molar-refractivity contribution in [3.63, 3.8) is 0 Å². The van der Waals surface area contributed by atoms with E-state index in [-0.39, 0.29) is 0 Å². The molecule has 1 heterocycles. The van der Waals surface area contributed by atoms with Crippen LogP contribution in [0.3, 0.4) is 0 Å². The van der Waals surface area contributed by atoms with Crippen LogP contribution in [0.4, 0.5) is 0 Å². The van der Waals surface area contributed by atoms with E-state index >= 15 is 0 Å². The van der Waals surface area contributed by atoms with E-state index in [0.29, 0.717) is 0 Å². The fraction of sp³-hybridized carbons (Fsp3) is 1.00. The summed E-state index contributed by atoms with van der Waals surface area (Å²) in [5.74, 6) is 3.35. The maximum absolute atomic E-state index is 3.67. The Balaban J connectivity index is 2.55. The molecule has 1 aliphatic rings. The van der Waals surface area contributed by atoms with Crippen LogP contribution >= 0.6 is 0 Å². The third-order valence-electron chi connectivity index (χ3n) is 3.39. The minimum Gasteiger partial charge on any atom is -0.313 e. The lowest BCUT2D eigenvalue weighted by molar-refractivity contribution is 0.221. The summed E-state index contributed by atoms with van der Waals surface area (Å²) in [6.07, 6.45) is 1.38. The first-order chi connectivity index (χ1) is 6.02. The lowest BCUT2D eigenvalue weighted by atomic mass is 9.78. The zero-order chi connectivity index (χ0) is 10.0. The van der Waals surface area contributed by atoms with Gasteiger partial charge in [0.1, 0.15) is 0 Å². The maximum atomic E-state index is 3.67. The maximum Gasteiger partial charge on any atom is 0.0103 e. The molecular weight excluding hydrogens is 158 g/mol. The molecule has 1 saturated heterocycles. The summed E-state index contributed by atoms with van der Waals surface area (Å²) in [6.45, 7) is 13.0. The van der Waals surface area contributed by atoms with Crippen molar-refractivity contribution in [2.75, 3.05) is 6.54 Å². The minimum atomic E-state index is 0.773. The van der Waals surface area contributed by atoms with Crippen molar-refractivity contribution in [1.82, 2.24) is 5.32 Å². The monoisotopic (exact) mass is 183 g/mol. The molecule has 1 nitrogen and oxygen atoms in total. The van der Waals surface area contributed by atoms with Crippen LogP contribution in [0.1, 0.15) is 41.0 Å². The minimum absolute atomic E-state index is 0.773. The molecule has 78 valence electrons. The second kappa shape index (κ2) is 4.45. The van der Waals surface area contributed by atoms with Gasteiger partial charge in [0.2, 0.25) is 0 Å². The SMILES string of the molecule is CC1CNC(C(C(C)C)C(C)C)C1. The van der Waals surface area contributed by atoms with Gasteiger partial charge in [-0.15, -0.1) is 0 Å². The fourth-order valence-corrected chi connectivity index (χ4v) is 2.94. The highest BCUT2D eigenvalue weighted by Gasteiger charge is 2.31. The van der Waals surface area contributed by atoms with Crippen LogP contribution in [0.2, 0.25) is 0 Å². The van der Waals surface area contributed by atoms with Gasteiger partial charge in [-0.2, -0.15) is 0 Å². The van der Waals surface area contributed by atoms with Gasteiger partial charge in [-0.3, -0.25) is 0 Å². The van der Waals surface area contributed by atoms with Crippen LogP contribution in [-0.4, -0.2) is 12.6 Å². The van der Waals surface area contributed by atoms with Crippen molar-refractivity contribution in [3.8, 4) is 0 Å². The third-order valence-corrected chi connectivity index (χ3v) is 3.39. The van der Waals surface area contributed by atoms with E-state index in [1.807, 2.05) is 0 Å². The zero-order valence-electron chi connectivity index (χ0n) is 9.80. The van der Waals surface area contributed by atoms with E-state index in [1.54, 1.807) is 0 Å². The van der Waals surface area contributed by atoms with Crippen molar-refractivity contribution < 1.29 is 0 Å². The molecule has 13 heavy (non-hydrogen) atoms. The van der Waals surface area contributed by atoms with E-state index in [2.05, 4.69) is 39.9 Å². The summed E-state index contributed by atoms with van der Waals surface area (Å²) in [7, 11) is 0. The van der Waals surface area contributed by atoms with Crippen molar-refractivity contribution in [2.45, 2.75) is 47.1 Å². The molecule has 0 aromatic heterocycles. The number of rotatable bonds is 3. The Morgan fingerprint density at radius 2 is 1.62 bits per heavy atom. The summed E-state index contributed by atoms with van der Waals surface area (Å²) >= 11 is 0. The molecule has 2 atom stereocenters. The Morgan fingerprint density at radius 3 is 1.92 bits per heavy atom. The molecule has 1 rings (SSSR count). The summed E-state index contributed by atoms with van der Waals surface area (Å²) in [4.78, 5) is 0. The summed E-state index contributed by atoms with van der Waals surface area (Å²) in [6, 6.07) is 0.773. The zero-order valence-corrected chi connectivity index (χ0v) is 9.80. The number of hydrogen-bond acceptors (Lipinski definition) is 1. The summed E-state index contributed by atoms with van der Waals surface area (Å²) in [5, 5.41) is 3.67. The Bertz CT molecular complexity index is 143. The standard InChI is InChI=1S/C12H25N/c1-8(2)12(9(3)4)11-6-10(5)7-13-11/h8-13H,6-7H2,1-5H3. The van der Waals surface area contributed by atoms with Crippen molar-refractivity contribution in [3.05, 3.63) is 0 Å². The molecule has 0 aromatic rings. The van der Waals surface area contributed by atoms with Gasteiger partial charge in [0.25, 0.3) is 0 Å². The van der Waals surface area contributed by atoms with Crippen LogP contribution in [0.5, 0.6) is 0 Å². The molecule has 2 unspecified atom stereocenters. The Morgan fingerprint density at radius 1 is 1.08 bits per heavy atom. The van der Waals surface area contributed by atoms with Crippen LogP contribution in [-0.2, 0) is 0 Å². The van der Waals surface area contributed by atoms with Gasteiger partial charge in [0.15, 0.2) is 0 Å². The second-order valence-electron chi connectivity index (χ2n) is 5.42. The van der Waals surface area contributed by atoms with Gasteiger partial charge in [-0.25, -0.2) is 0 Å². The van der Waals surface area contributed by atoms with Crippen molar-refractivity contribution in [1.29, 1.82) is 0 Å². The molecule has 0 radical (unpaired) electrons. The highest BCUT2D eigenvalue weighted by Crippen LogP contribution is 2.30. The highest BCUT2D eigenvalue weighted by molar-refractivity contribution is 4.87. The van der Waals surface area contributed by atoms with Crippen LogP contribution in [0.15, 0.2) is 0 Å². The highest BCUT2D eigenvalue weighted by atomic mass is 15.0. The topological polar surface area (TPSA) is 12.0 Å². The first kappa shape index (κ1) is 11.0. The Kier molecular flexibility index (Phi) is 3.78. The number of hydrogen-bond donors (Lipinski definition) is 1. The quantitative estimate of drug-likeness (QED) is 0.709. The van der Waals surface area contributed by atoms with Gasteiger partial charge in [-0.1, -0.05) is 34.6 Å². The van der Waals surface area contributed by atoms with Gasteiger partial charge in [-0.05, 0) is 36.6 Å². The van der Waals surface area contributed by atoms with Crippen LogP contribution in [0, 0.1) is 23.7 Å². The van der Waals surface area contributed by atoms with Gasteiger partial charge < -0.3 is 5.32 Å². The molecule has 1 fully saturated rings. The fourth-order valence-electron chi connectivity index (χ4n) is 2.94. The molecule has 1 aliphatic heterocycles. The molecule has 0 saturated carbocycles. The Hall–Kier alpha value is -0.0400. The Labute approximate surface area is 83.3 Å². The second-order valence-corrected chi connectivity index (χ2v) is 5.42. The molecular formula is C12H25N. The lowest BCUT2D eigenvalue weighted by Gasteiger charge is -2.31. The molecule has 0 aromatic carbocycles. The molecule has 0 bridgehead atoms. The molecule has 0 spiro atoms. The van der Waals surface area contributed by atoms with E-state index < -0.39 is 0 Å². The van der Waals surface area contributed by atoms with Crippen LogP contribution in [0.25, 0.3) is 0 Å². The number of nitrogens with one attached hydrogen (secondary N) is 1. The lowest BCUT2D eigenvalue weighted by Crippen LogP contribution is -2.36. The van der Waals surface area contributed by atoms with Gasteiger partial charge >= 0.3 is 0 Å². The van der Waals surface area contributed by atoms with Crippen LogP contribution < -0.4 is 5.32 Å². The first-order valence-electron chi connectivity index (χ1n) is 5.75.